The Balaban J connectivity index is 2.01. The van der Waals surface area contributed by atoms with E-state index >= 15 is 0 Å². The maximum atomic E-state index is 12.6. The van der Waals surface area contributed by atoms with Crippen molar-refractivity contribution in [2.75, 3.05) is 56.3 Å². The van der Waals surface area contributed by atoms with Gasteiger partial charge in [0.05, 0.1) is 49.8 Å². The van der Waals surface area contributed by atoms with Gasteiger partial charge in [-0.15, -0.1) is 0 Å². The van der Waals surface area contributed by atoms with Gasteiger partial charge in [-0.25, -0.2) is 4.79 Å². The van der Waals surface area contributed by atoms with Gasteiger partial charge >= 0.3 is 5.97 Å². The van der Waals surface area contributed by atoms with Crippen LogP contribution in [0, 0.1) is 0 Å². The van der Waals surface area contributed by atoms with Crippen LogP contribution >= 0.6 is 0 Å². The van der Waals surface area contributed by atoms with E-state index in [2.05, 4.69) is 10.6 Å². The highest BCUT2D eigenvalue weighted by atomic mass is 16.5. The standard InChI is InChI=1S/C29H36N2O10/c1-35-21-14-18(15-22(36-2)27(21)39-5)8-10-25(32)30-13-12-20(29(34)41-7)31-26(33)11-9-19-16-23(37-3)28(40-6)24(17-19)38-4/h8-11,14-17,20H,12-13H2,1-7H3,(H,30,32)(H,31,33)/b10-8+,11-9+. The van der Waals surface area contributed by atoms with Crippen LogP contribution in [0.1, 0.15) is 17.5 Å². The van der Waals surface area contributed by atoms with E-state index in [0.717, 1.165) is 0 Å². The lowest BCUT2D eigenvalue weighted by atomic mass is 10.1. The zero-order valence-corrected chi connectivity index (χ0v) is 24.2. The first-order chi connectivity index (χ1) is 19.7. The van der Waals surface area contributed by atoms with Crippen molar-refractivity contribution in [2.24, 2.45) is 0 Å². The van der Waals surface area contributed by atoms with Gasteiger partial charge in [-0.1, -0.05) is 0 Å². The van der Waals surface area contributed by atoms with Gasteiger partial charge in [0.1, 0.15) is 6.04 Å². The van der Waals surface area contributed by atoms with Gasteiger partial charge in [-0.2, -0.15) is 0 Å². The number of carbonyl (C=O) groups excluding carboxylic acids is 3. The van der Waals surface area contributed by atoms with Gasteiger partial charge in [0, 0.05) is 18.7 Å². The van der Waals surface area contributed by atoms with Gasteiger partial charge in [-0.05, 0) is 54.0 Å². The normalized spacial score (nSPS) is 11.5. The van der Waals surface area contributed by atoms with Crippen LogP contribution < -0.4 is 39.1 Å². The fourth-order valence-corrected chi connectivity index (χ4v) is 3.75. The molecule has 12 nitrogen and oxygen atoms in total. The molecule has 0 heterocycles. The van der Waals surface area contributed by atoms with Gasteiger partial charge in [0.15, 0.2) is 23.0 Å². The SMILES string of the molecule is COC(=O)C(CCNC(=O)/C=C/c1cc(OC)c(OC)c(OC)c1)NC(=O)/C=C/c1cc(OC)c(OC)c(OC)c1. The first-order valence-electron chi connectivity index (χ1n) is 12.4. The van der Waals surface area contributed by atoms with Crippen LogP contribution in [0.5, 0.6) is 34.5 Å². The Bertz CT molecular complexity index is 1220. The van der Waals surface area contributed by atoms with Crippen LogP contribution in [0.2, 0.25) is 0 Å². The summed E-state index contributed by atoms with van der Waals surface area (Å²) < 4.78 is 36.7. The average Bonchev–Trinajstić information content (AvgIpc) is 3.00. The number of carbonyl (C=O) groups is 3. The molecule has 2 rings (SSSR count). The molecule has 41 heavy (non-hydrogen) atoms. The summed E-state index contributed by atoms with van der Waals surface area (Å²) in [5, 5.41) is 5.27. The van der Waals surface area contributed by atoms with Gasteiger partial charge in [0.25, 0.3) is 0 Å². The second-order valence-corrected chi connectivity index (χ2v) is 8.25. The molecule has 1 atom stereocenters. The Morgan fingerprint density at radius 2 is 1.07 bits per heavy atom. The van der Waals surface area contributed by atoms with E-state index in [1.165, 1.54) is 68.0 Å². The molecule has 2 aromatic carbocycles. The van der Waals surface area contributed by atoms with Crippen LogP contribution in [0.15, 0.2) is 36.4 Å². The van der Waals surface area contributed by atoms with Crippen LogP contribution in [0.4, 0.5) is 0 Å². The fraction of sp³-hybridized carbons (Fsp3) is 0.345. The monoisotopic (exact) mass is 572 g/mol. The van der Waals surface area contributed by atoms with Gasteiger partial charge < -0.3 is 43.8 Å². The maximum Gasteiger partial charge on any atom is 0.328 e. The quantitative estimate of drug-likeness (QED) is 0.242. The number of benzene rings is 2. The number of ether oxygens (including phenoxy) is 7. The summed E-state index contributed by atoms with van der Waals surface area (Å²) in [5.41, 5.74) is 1.25. The predicted octanol–water partition coefficient (Wildman–Crippen LogP) is 2.63. The van der Waals surface area contributed by atoms with E-state index in [-0.39, 0.29) is 13.0 Å². The van der Waals surface area contributed by atoms with Crippen molar-refractivity contribution < 1.29 is 47.5 Å². The second kappa shape index (κ2) is 16.3. The Kier molecular flexibility index (Phi) is 12.8. The Morgan fingerprint density at radius 1 is 0.659 bits per heavy atom. The number of nitrogens with one attached hydrogen (secondary N) is 2. The Morgan fingerprint density at radius 3 is 1.44 bits per heavy atom. The molecule has 0 saturated carbocycles. The lowest BCUT2D eigenvalue weighted by molar-refractivity contribution is -0.144. The summed E-state index contributed by atoms with van der Waals surface area (Å²) in [6.07, 6.45) is 5.79. The number of esters is 1. The third-order valence-electron chi connectivity index (χ3n) is 5.76. The zero-order chi connectivity index (χ0) is 30.4. The highest BCUT2D eigenvalue weighted by Gasteiger charge is 2.21. The Hall–Kier alpha value is -4.87. The molecule has 1 unspecified atom stereocenters. The maximum absolute atomic E-state index is 12.6. The van der Waals surface area contributed by atoms with Crippen molar-refractivity contribution in [1.29, 1.82) is 0 Å². The van der Waals surface area contributed by atoms with E-state index in [0.29, 0.717) is 45.6 Å². The number of rotatable bonds is 15. The van der Waals surface area contributed by atoms with E-state index < -0.39 is 23.8 Å². The lowest BCUT2D eigenvalue weighted by Gasteiger charge is -2.15. The average molecular weight is 573 g/mol. The first-order valence-corrected chi connectivity index (χ1v) is 12.4. The summed E-state index contributed by atoms with van der Waals surface area (Å²) in [7, 11) is 10.2. The van der Waals surface area contributed by atoms with Crippen LogP contribution in [-0.2, 0) is 19.1 Å². The van der Waals surface area contributed by atoms with Crippen LogP contribution in [0.25, 0.3) is 12.2 Å². The van der Waals surface area contributed by atoms with E-state index in [1.807, 2.05) is 0 Å². The minimum Gasteiger partial charge on any atom is -0.493 e. The second-order valence-electron chi connectivity index (χ2n) is 8.25. The molecule has 12 heteroatoms. The minimum absolute atomic E-state index is 0.0923. The molecule has 0 aliphatic rings. The van der Waals surface area contributed by atoms with Crippen molar-refractivity contribution in [1.82, 2.24) is 10.6 Å². The fourth-order valence-electron chi connectivity index (χ4n) is 3.75. The first kappa shape index (κ1) is 32.3. The summed E-state index contributed by atoms with van der Waals surface area (Å²) >= 11 is 0. The molecule has 0 spiro atoms. The third kappa shape index (κ3) is 9.09. The summed E-state index contributed by atoms with van der Waals surface area (Å²) in [5.74, 6) is 1.00. The lowest BCUT2D eigenvalue weighted by Crippen LogP contribution is -2.43. The van der Waals surface area contributed by atoms with Crippen molar-refractivity contribution in [3.8, 4) is 34.5 Å². The molecule has 2 N–H and O–H groups in total. The van der Waals surface area contributed by atoms with E-state index in [9.17, 15) is 14.4 Å². The largest absolute Gasteiger partial charge is 0.493 e. The van der Waals surface area contributed by atoms with Gasteiger partial charge in [0.2, 0.25) is 23.3 Å². The van der Waals surface area contributed by atoms with Crippen molar-refractivity contribution in [3.63, 3.8) is 0 Å². The number of hydrogen-bond acceptors (Lipinski definition) is 10. The molecule has 0 bridgehead atoms. The van der Waals surface area contributed by atoms with Crippen molar-refractivity contribution in [3.05, 3.63) is 47.5 Å². The zero-order valence-electron chi connectivity index (χ0n) is 24.2. The van der Waals surface area contributed by atoms with Crippen LogP contribution in [0.3, 0.4) is 0 Å². The van der Waals surface area contributed by atoms with Gasteiger partial charge in [-0.3, -0.25) is 9.59 Å². The molecule has 222 valence electrons. The molecule has 0 saturated heterocycles. The summed E-state index contributed by atoms with van der Waals surface area (Å²) in [6.45, 7) is 0.0923. The molecule has 0 aliphatic carbocycles. The van der Waals surface area contributed by atoms with E-state index in [4.69, 9.17) is 33.2 Å². The minimum atomic E-state index is -0.989. The predicted molar refractivity (Wildman–Crippen MR) is 152 cm³/mol. The number of hydrogen-bond donors (Lipinski definition) is 2. The molecule has 0 aliphatic heterocycles. The van der Waals surface area contributed by atoms with E-state index in [1.54, 1.807) is 30.3 Å². The molecule has 2 amide bonds. The summed E-state index contributed by atoms with van der Waals surface area (Å²) in [4.78, 5) is 37.2. The summed E-state index contributed by atoms with van der Waals surface area (Å²) in [6, 6.07) is 5.74. The molecular weight excluding hydrogens is 536 g/mol. The number of methoxy groups -OCH3 is 7. The smallest absolute Gasteiger partial charge is 0.328 e. The molecule has 2 aromatic rings. The van der Waals surface area contributed by atoms with Crippen molar-refractivity contribution >= 4 is 29.9 Å². The Labute approximate surface area is 239 Å². The highest BCUT2D eigenvalue weighted by Crippen LogP contribution is 2.39. The van der Waals surface area contributed by atoms with Crippen LogP contribution in [-0.4, -0.2) is 80.1 Å². The molecule has 0 fully saturated rings. The third-order valence-corrected chi connectivity index (χ3v) is 5.76. The molecule has 0 aromatic heterocycles. The topological polar surface area (TPSA) is 140 Å². The highest BCUT2D eigenvalue weighted by molar-refractivity contribution is 5.95. The van der Waals surface area contributed by atoms with Crippen molar-refractivity contribution in [2.45, 2.75) is 12.5 Å². The molecule has 0 radical (unpaired) electrons. The molecular formula is C29H36N2O10. The number of amides is 2.